The molecule has 0 heterocycles. The lowest BCUT2D eigenvalue weighted by molar-refractivity contribution is 0.548. The Labute approximate surface area is 93.5 Å². The van der Waals surface area contributed by atoms with Gasteiger partial charge in [0.05, 0.1) is 5.25 Å². The second-order valence-corrected chi connectivity index (χ2v) is 5.58. The van der Waals surface area contributed by atoms with Gasteiger partial charge in [-0.3, -0.25) is 4.21 Å². The summed E-state index contributed by atoms with van der Waals surface area (Å²) in [4.78, 5) is 0. The molecule has 2 rings (SSSR count). The minimum atomic E-state index is -0.761. The van der Waals surface area contributed by atoms with Crippen LogP contribution in [0.1, 0.15) is 24.1 Å². The minimum absolute atomic E-state index is 0.238. The van der Waals surface area contributed by atoms with Crippen LogP contribution in [0.3, 0.4) is 0 Å². The number of benzene rings is 1. The first-order chi connectivity index (χ1) is 7.24. The van der Waals surface area contributed by atoms with Gasteiger partial charge in [0.25, 0.3) is 0 Å². The van der Waals surface area contributed by atoms with Crippen molar-refractivity contribution in [2.45, 2.75) is 24.6 Å². The molecule has 0 spiro atoms. The van der Waals surface area contributed by atoms with Gasteiger partial charge in [-0.2, -0.15) is 0 Å². The standard InChI is InChI=1S/C12H17NOS/c1-3-13-12-10-7-5-4-6-9(10)8-11(12)15(2)14/h4-7,11-13H,3,8H2,1-2H3. The summed E-state index contributed by atoms with van der Waals surface area (Å²) in [5, 5.41) is 3.68. The molecule has 0 aliphatic heterocycles. The van der Waals surface area contributed by atoms with E-state index in [0.29, 0.717) is 0 Å². The highest BCUT2D eigenvalue weighted by atomic mass is 32.2. The fourth-order valence-electron chi connectivity index (χ4n) is 2.33. The molecule has 1 aromatic carbocycles. The SMILES string of the molecule is CCNC1c2ccccc2CC1S(C)=O. The van der Waals surface area contributed by atoms with Gasteiger partial charge in [0.1, 0.15) is 0 Å². The molecule has 1 aromatic rings. The molecule has 0 saturated carbocycles. The molecule has 15 heavy (non-hydrogen) atoms. The van der Waals surface area contributed by atoms with Crippen molar-refractivity contribution in [1.82, 2.24) is 5.32 Å². The van der Waals surface area contributed by atoms with Crippen LogP contribution in [0.4, 0.5) is 0 Å². The molecule has 3 unspecified atom stereocenters. The lowest BCUT2D eigenvalue weighted by Crippen LogP contribution is -2.31. The van der Waals surface area contributed by atoms with E-state index in [4.69, 9.17) is 0 Å². The highest BCUT2D eigenvalue weighted by Gasteiger charge is 2.33. The van der Waals surface area contributed by atoms with E-state index < -0.39 is 10.8 Å². The number of hydrogen-bond donors (Lipinski definition) is 1. The summed E-state index contributed by atoms with van der Waals surface area (Å²) in [7, 11) is -0.761. The largest absolute Gasteiger partial charge is 0.309 e. The fraction of sp³-hybridized carbons (Fsp3) is 0.500. The predicted octanol–water partition coefficient (Wildman–Crippen LogP) is 1.64. The maximum atomic E-state index is 11.7. The molecule has 3 heteroatoms. The molecule has 1 N–H and O–H groups in total. The third kappa shape index (κ3) is 1.99. The van der Waals surface area contributed by atoms with Crippen LogP contribution in [0.2, 0.25) is 0 Å². The first-order valence-electron chi connectivity index (χ1n) is 5.37. The van der Waals surface area contributed by atoms with Crippen molar-refractivity contribution in [1.29, 1.82) is 0 Å². The average molecular weight is 223 g/mol. The third-order valence-electron chi connectivity index (χ3n) is 3.03. The van der Waals surface area contributed by atoms with Crippen molar-refractivity contribution in [2.75, 3.05) is 12.8 Å². The predicted molar refractivity (Wildman–Crippen MR) is 64.4 cm³/mol. The molecule has 0 aromatic heterocycles. The van der Waals surface area contributed by atoms with Gasteiger partial charge in [-0.05, 0) is 24.1 Å². The van der Waals surface area contributed by atoms with Crippen LogP contribution >= 0.6 is 0 Å². The van der Waals surface area contributed by atoms with Gasteiger partial charge in [-0.15, -0.1) is 0 Å². The van der Waals surface area contributed by atoms with Gasteiger partial charge in [0, 0.05) is 23.1 Å². The highest BCUT2D eigenvalue weighted by molar-refractivity contribution is 7.85. The van der Waals surface area contributed by atoms with Crippen LogP contribution in [-0.2, 0) is 17.2 Å². The molecule has 0 fully saturated rings. The molecule has 1 aliphatic rings. The third-order valence-corrected chi connectivity index (χ3v) is 4.32. The normalized spacial score (nSPS) is 26.3. The first kappa shape index (κ1) is 10.8. The Morgan fingerprint density at radius 2 is 2.20 bits per heavy atom. The second kappa shape index (κ2) is 4.45. The van der Waals surface area contributed by atoms with Crippen molar-refractivity contribution in [3.8, 4) is 0 Å². The van der Waals surface area contributed by atoms with Crippen LogP contribution in [0.25, 0.3) is 0 Å². The zero-order chi connectivity index (χ0) is 10.8. The number of hydrogen-bond acceptors (Lipinski definition) is 2. The van der Waals surface area contributed by atoms with Crippen LogP contribution in [0, 0.1) is 0 Å². The van der Waals surface area contributed by atoms with Crippen LogP contribution < -0.4 is 5.32 Å². The van der Waals surface area contributed by atoms with E-state index in [1.807, 2.05) is 0 Å². The van der Waals surface area contributed by atoms with Crippen molar-refractivity contribution >= 4 is 10.8 Å². The van der Waals surface area contributed by atoms with Gasteiger partial charge in [-0.25, -0.2) is 0 Å². The summed E-state index contributed by atoms with van der Waals surface area (Å²) in [5.74, 6) is 0. The summed E-state index contributed by atoms with van der Waals surface area (Å²) >= 11 is 0. The summed E-state index contributed by atoms with van der Waals surface area (Å²) in [6.07, 6.45) is 2.75. The molecule has 0 amide bonds. The van der Waals surface area contributed by atoms with E-state index >= 15 is 0 Å². The summed E-state index contributed by atoms with van der Waals surface area (Å²) in [6.45, 7) is 3.02. The van der Waals surface area contributed by atoms with Gasteiger partial charge in [0.15, 0.2) is 0 Å². The molecule has 0 radical (unpaired) electrons. The summed E-state index contributed by atoms with van der Waals surface area (Å²) < 4.78 is 11.7. The van der Waals surface area contributed by atoms with Gasteiger partial charge in [0.2, 0.25) is 0 Å². The summed E-state index contributed by atoms with van der Waals surface area (Å²) in [6, 6.07) is 8.69. The zero-order valence-electron chi connectivity index (χ0n) is 9.19. The van der Waals surface area contributed by atoms with E-state index in [1.54, 1.807) is 6.26 Å². The zero-order valence-corrected chi connectivity index (χ0v) is 10.0. The van der Waals surface area contributed by atoms with Gasteiger partial charge < -0.3 is 5.32 Å². The fourth-order valence-corrected chi connectivity index (χ4v) is 3.37. The Kier molecular flexibility index (Phi) is 3.22. The Hall–Kier alpha value is -0.670. The molecule has 82 valence electrons. The molecular formula is C12H17NOS. The van der Waals surface area contributed by atoms with Crippen LogP contribution in [0.15, 0.2) is 24.3 Å². The van der Waals surface area contributed by atoms with Gasteiger partial charge in [-0.1, -0.05) is 31.2 Å². The molecule has 1 aliphatic carbocycles. The summed E-state index contributed by atoms with van der Waals surface area (Å²) in [5.41, 5.74) is 2.68. The van der Waals surface area contributed by atoms with Crippen LogP contribution in [0.5, 0.6) is 0 Å². The molecule has 2 nitrogen and oxygen atoms in total. The molecule has 0 saturated heterocycles. The number of nitrogens with one attached hydrogen (secondary N) is 1. The van der Waals surface area contributed by atoms with Crippen molar-refractivity contribution < 1.29 is 4.21 Å². The van der Waals surface area contributed by atoms with E-state index in [2.05, 4.69) is 36.5 Å². The Morgan fingerprint density at radius 3 is 2.87 bits per heavy atom. The number of fused-ring (bicyclic) bond motifs is 1. The van der Waals surface area contributed by atoms with E-state index in [1.165, 1.54) is 11.1 Å². The minimum Gasteiger partial charge on any atom is -0.309 e. The first-order valence-corrected chi connectivity index (χ1v) is 6.99. The van der Waals surface area contributed by atoms with Crippen LogP contribution in [-0.4, -0.2) is 22.3 Å². The van der Waals surface area contributed by atoms with E-state index in [0.717, 1.165) is 13.0 Å². The average Bonchev–Trinajstić information content (AvgIpc) is 2.58. The second-order valence-electron chi connectivity index (χ2n) is 3.98. The van der Waals surface area contributed by atoms with Crippen molar-refractivity contribution in [2.24, 2.45) is 0 Å². The maximum Gasteiger partial charge on any atom is 0.0580 e. The Bertz CT molecular complexity index is 378. The Balaban J connectivity index is 2.33. The topological polar surface area (TPSA) is 29.1 Å². The molecular weight excluding hydrogens is 206 g/mol. The maximum absolute atomic E-state index is 11.7. The molecule has 3 atom stereocenters. The Morgan fingerprint density at radius 1 is 1.47 bits per heavy atom. The van der Waals surface area contributed by atoms with E-state index in [-0.39, 0.29) is 11.3 Å². The lowest BCUT2D eigenvalue weighted by atomic mass is 10.1. The lowest BCUT2D eigenvalue weighted by Gasteiger charge is -2.19. The monoisotopic (exact) mass is 223 g/mol. The molecule has 0 bridgehead atoms. The van der Waals surface area contributed by atoms with Gasteiger partial charge >= 0.3 is 0 Å². The van der Waals surface area contributed by atoms with E-state index in [9.17, 15) is 4.21 Å². The highest BCUT2D eigenvalue weighted by Crippen LogP contribution is 2.33. The van der Waals surface area contributed by atoms with Crippen molar-refractivity contribution in [3.05, 3.63) is 35.4 Å². The smallest absolute Gasteiger partial charge is 0.0580 e. The quantitative estimate of drug-likeness (QED) is 0.844. The van der Waals surface area contributed by atoms with Crippen molar-refractivity contribution in [3.63, 3.8) is 0 Å². The number of rotatable bonds is 3.